The first-order chi connectivity index (χ1) is 28.4. The molecule has 5 fully saturated rings. The van der Waals surface area contributed by atoms with Crippen molar-refractivity contribution in [3.8, 4) is 11.6 Å². The number of aromatic nitrogens is 2. The fourth-order valence-electron chi connectivity index (χ4n) is 9.89. The molecule has 1 aromatic heterocycles. The monoisotopic (exact) mass is 858 g/mol. The number of fused-ring (bicyclic) bond motifs is 7. The van der Waals surface area contributed by atoms with Crippen LogP contribution in [0.25, 0.3) is 11.0 Å². The molecular weight excluding hydrogens is 803 g/mol. The van der Waals surface area contributed by atoms with E-state index in [0.29, 0.717) is 53.6 Å². The van der Waals surface area contributed by atoms with E-state index in [9.17, 15) is 36.4 Å². The van der Waals surface area contributed by atoms with Gasteiger partial charge in [0.05, 0.1) is 29.9 Å². The normalized spacial score (nSPS) is 33.3. The third-order valence-electron chi connectivity index (χ3n) is 13.7. The molecule has 4 saturated carbocycles. The molecule has 4 amide bonds. The number of alkyl carbamates (subject to hydrolysis) is 1. The maximum Gasteiger partial charge on any atom is 0.408 e. The number of carbonyl (C=O) groups excluding carboxylic acids is 4. The maximum atomic E-state index is 14.9. The average molecular weight is 859 g/mol. The van der Waals surface area contributed by atoms with Crippen molar-refractivity contribution in [3.63, 3.8) is 0 Å². The number of sulfonamides is 1. The second kappa shape index (κ2) is 15.8. The van der Waals surface area contributed by atoms with Crippen LogP contribution in [0.2, 0.25) is 0 Å². The van der Waals surface area contributed by atoms with Gasteiger partial charge in [-0.15, -0.1) is 0 Å². The topological polar surface area (TPSA) is 195 Å². The number of methoxy groups -OCH3 is 1. The summed E-state index contributed by atoms with van der Waals surface area (Å²) >= 11 is 0. The fourth-order valence-corrected chi connectivity index (χ4v) is 11.3. The van der Waals surface area contributed by atoms with Crippen LogP contribution in [0.4, 0.5) is 13.6 Å². The van der Waals surface area contributed by atoms with Crippen LogP contribution in [0, 0.1) is 35.0 Å². The summed E-state index contributed by atoms with van der Waals surface area (Å²) in [5.74, 6) is -2.36. The van der Waals surface area contributed by atoms with Gasteiger partial charge in [-0.3, -0.25) is 19.1 Å². The number of nitrogens with one attached hydrogen (secondary N) is 3. The molecule has 1 unspecified atom stereocenters. The number of carbonyl (C=O) groups is 4. The zero-order chi connectivity index (χ0) is 42.9. The standard InChI is InChI=1S/C42H56F2N6O9S/c1-21-32-20-50(34(21)36(51)48-42(19-23(42)17-33(43)44)39(53)49-60(55,56)25-12-13-25)38(52)35(41(2,3)4)47-40(54)59-31-16-22-15-27(22)26(31)9-7-6-8-10-29-37(58-32)46-30-18-24(57-5)11-14-28(30)45-29/h11,14,18,21-23,25-27,31-35H,6-10,12-13,15-17,19-20H2,1-5H3,(H,47,54)(H,48,51)(H,49,53)/t21-,22?,23-,26-,27+,31-,32+,34+,35-,42-/m1/s1. The summed E-state index contributed by atoms with van der Waals surface area (Å²) in [5, 5.41) is 4.72. The molecule has 328 valence electrons. The van der Waals surface area contributed by atoms with Crippen molar-refractivity contribution in [2.45, 2.75) is 140 Å². The number of amides is 4. The number of alkyl halides is 2. The molecule has 10 atom stereocenters. The Labute approximate surface area is 348 Å². The predicted octanol–water partition coefficient (Wildman–Crippen LogP) is 4.65. The van der Waals surface area contributed by atoms with Crippen molar-refractivity contribution in [1.29, 1.82) is 0 Å². The average Bonchev–Trinajstić information content (AvgIpc) is 4.12. The number of aryl methyl sites for hydroxylation is 1. The van der Waals surface area contributed by atoms with Gasteiger partial charge in [-0.25, -0.2) is 32.0 Å². The Morgan fingerprint density at radius 3 is 2.50 bits per heavy atom. The lowest BCUT2D eigenvalue weighted by Gasteiger charge is -2.36. The highest BCUT2D eigenvalue weighted by molar-refractivity contribution is 7.91. The van der Waals surface area contributed by atoms with E-state index in [2.05, 4.69) is 10.6 Å². The van der Waals surface area contributed by atoms with E-state index in [1.54, 1.807) is 46.9 Å². The van der Waals surface area contributed by atoms with Gasteiger partial charge in [0, 0.05) is 18.4 Å². The van der Waals surface area contributed by atoms with Gasteiger partial charge in [0.15, 0.2) is 0 Å². The molecule has 18 heteroatoms. The molecule has 1 aromatic carbocycles. The second-order valence-electron chi connectivity index (χ2n) is 19.0. The van der Waals surface area contributed by atoms with Crippen molar-refractivity contribution in [2.24, 2.45) is 35.0 Å². The van der Waals surface area contributed by atoms with Gasteiger partial charge in [0.25, 0.3) is 5.91 Å². The molecule has 2 aliphatic heterocycles. The number of hydrogen-bond donors (Lipinski definition) is 3. The van der Waals surface area contributed by atoms with Crippen molar-refractivity contribution in [2.75, 3.05) is 13.7 Å². The van der Waals surface area contributed by atoms with E-state index in [1.807, 2.05) is 10.8 Å². The number of benzene rings is 1. The van der Waals surface area contributed by atoms with Gasteiger partial charge in [-0.1, -0.05) is 40.5 Å². The van der Waals surface area contributed by atoms with Crippen LogP contribution in [-0.2, 0) is 35.6 Å². The number of halogens is 2. The van der Waals surface area contributed by atoms with Crippen LogP contribution in [0.5, 0.6) is 11.6 Å². The largest absolute Gasteiger partial charge is 0.497 e. The van der Waals surface area contributed by atoms with Crippen molar-refractivity contribution in [1.82, 2.24) is 30.2 Å². The van der Waals surface area contributed by atoms with E-state index in [0.717, 1.165) is 38.5 Å². The summed E-state index contributed by atoms with van der Waals surface area (Å²) in [5.41, 5.74) is -1.08. The number of nitrogens with zero attached hydrogens (tertiary/aromatic N) is 3. The van der Waals surface area contributed by atoms with Gasteiger partial charge in [-0.2, -0.15) is 0 Å². The van der Waals surface area contributed by atoms with Gasteiger partial charge >= 0.3 is 6.09 Å². The third kappa shape index (κ3) is 8.45. The molecule has 0 spiro atoms. The highest BCUT2D eigenvalue weighted by Crippen LogP contribution is 2.58. The summed E-state index contributed by atoms with van der Waals surface area (Å²) in [6.07, 6.45) is 0.986. The van der Waals surface area contributed by atoms with Crippen LogP contribution in [-0.4, -0.2) is 102 Å². The SMILES string of the molecule is COc1ccc2nc3c(nc2c1)O[C@H]1CN(C(=O)[C@H](C(C)(C)C)NC(=O)O[C@@H]2CC4C[C@@H]4[C@H]2CCCCC3)[C@H](C(=O)N[C@]2(C(=O)NS(=O)(=O)C3CC3)C[C@H]2CC(F)F)[C@@H]1C. The van der Waals surface area contributed by atoms with Crippen molar-refractivity contribution in [3.05, 3.63) is 23.9 Å². The van der Waals surface area contributed by atoms with E-state index >= 15 is 0 Å². The van der Waals surface area contributed by atoms with Crippen LogP contribution in [0.3, 0.4) is 0 Å². The van der Waals surface area contributed by atoms with E-state index in [4.69, 9.17) is 24.2 Å². The molecular formula is C42H56F2N6O9S. The molecule has 60 heavy (non-hydrogen) atoms. The molecule has 0 radical (unpaired) electrons. The lowest BCUT2D eigenvalue weighted by Crippen LogP contribution is -2.61. The molecule has 8 rings (SSSR count). The Bertz CT molecular complexity index is 2150. The van der Waals surface area contributed by atoms with Crippen LogP contribution in [0.15, 0.2) is 18.2 Å². The highest BCUT2D eigenvalue weighted by atomic mass is 32.2. The van der Waals surface area contributed by atoms with Crippen LogP contribution in [0.1, 0.15) is 97.6 Å². The molecule has 4 aliphatic carbocycles. The quantitative estimate of drug-likeness (QED) is 0.335. The van der Waals surface area contributed by atoms with Gasteiger partial charge in [0.1, 0.15) is 41.3 Å². The minimum Gasteiger partial charge on any atom is -0.497 e. The van der Waals surface area contributed by atoms with Gasteiger partial charge in [0.2, 0.25) is 34.1 Å². The second-order valence-corrected chi connectivity index (χ2v) is 21.0. The van der Waals surface area contributed by atoms with Crippen molar-refractivity contribution < 1.29 is 50.6 Å². The maximum absolute atomic E-state index is 14.9. The molecule has 2 bridgehead atoms. The predicted molar refractivity (Wildman–Crippen MR) is 213 cm³/mol. The zero-order valence-corrected chi connectivity index (χ0v) is 35.6. The molecule has 1 saturated heterocycles. The minimum absolute atomic E-state index is 0.150. The summed E-state index contributed by atoms with van der Waals surface area (Å²) in [4.78, 5) is 68.2. The Hall–Kier alpha value is -4.35. The molecule has 15 nitrogen and oxygen atoms in total. The molecule has 3 heterocycles. The first kappa shape index (κ1) is 42.3. The number of hydrogen-bond acceptors (Lipinski definition) is 11. The van der Waals surface area contributed by atoms with Gasteiger partial charge in [-0.05, 0) is 92.6 Å². The van der Waals surface area contributed by atoms with Gasteiger partial charge < -0.3 is 29.7 Å². The first-order valence-corrected chi connectivity index (χ1v) is 22.9. The first-order valence-electron chi connectivity index (χ1n) is 21.3. The lowest BCUT2D eigenvalue weighted by atomic mass is 9.85. The Balaban J connectivity index is 1.15. The summed E-state index contributed by atoms with van der Waals surface area (Å²) < 4.78 is 73.5. The third-order valence-corrected chi connectivity index (χ3v) is 15.5. The highest BCUT2D eigenvalue weighted by Gasteiger charge is 2.64. The molecule has 2 aromatic rings. The summed E-state index contributed by atoms with van der Waals surface area (Å²) in [6.45, 7) is 6.89. The Morgan fingerprint density at radius 2 is 1.80 bits per heavy atom. The lowest BCUT2D eigenvalue weighted by molar-refractivity contribution is -0.143. The van der Waals surface area contributed by atoms with E-state index in [1.165, 1.54) is 4.90 Å². The smallest absolute Gasteiger partial charge is 0.408 e. The Kier molecular flexibility index (Phi) is 11.2. The zero-order valence-electron chi connectivity index (χ0n) is 34.7. The van der Waals surface area contributed by atoms with Crippen LogP contribution < -0.4 is 24.8 Å². The minimum atomic E-state index is -4.09. The van der Waals surface area contributed by atoms with E-state index < -0.39 is 92.9 Å². The number of rotatable bonds is 8. The molecule has 3 N–H and O–H groups in total. The van der Waals surface area contributed by atoms with Crippen molar-refractivity contribution >= 4 is 44.9 Å². The van der Waals surface area contributed by atoms with Crippen LogP contribution >= 0.6 is 0 Å². The summed E-state index contributed by atoms with van der Waals surface area (Å²) in [7, 11) is -2.54. The summed E-state index contributed by atoms with van der Waals surface area (Å²) in [6, 6.07) is 2.83. The molecule has 6 aliphatic rings. The van der Waals surface area contributed by atoms with E-state index in [-0.39, 0.29) is 30.9 Å². The fraction of sp³-hybridized carbons (Fsp3) is 0.714. The number of ether oxygens (including phenoxy) is 3. The Morgan fingerprint density at radius 1 is 1.03 bits per heavy atom.